The highest BCUT2D eigenvalue weighted by molar-refractivity contribution is 7.87. The van der Waals surface area contributed by atoms with Gasteiger partial charge in [-0.05, 0) is 47.2 Å². The van der Waals surface area contributed by atoms with Crippen molar-refractivity contribution in [2.45, 2.75) is 4.90 Å². The summed E-state index contributed by atoms with van der Waals surface area (Å²) in [5, 5.41) is 20.7. The molecule has 30 heavy (non-hydrogen) atoms. The van der Waals surface area contributed by atoms with Crippen LogP contribution in [-0.4, -0.2) is 28.5 Å². The van der Waals surface area contributed by atoms with Gasteiger partial charge < -0.3 is 9.29 Å². The van der Waals surface area contributed by atoms with E-state index in [9.17, 15) is 13.5 Å². The van der Waals surface area contributed by atoms with Crippen molar-refractivity contribution in [2.75, 3.05) is 0 Å². The summed E-state index contributed by atoms with van der Waals surface area (Å²) >= 11 is 0. The molecule has 1 heterocycles. The average Bonchev–Trinajstić information content (AvgIpc) is 3.17. The molecule has 0 saturated carbocycles. The molecule has 5 aromatic rings. The van der Waals surface area contributed by atoms with Gasteiger partial charge in [0.2, 0.25) is 0 Å². The molecular formula is C22H15N3O4S. The normalized spacial score (nSPS) is 11.7. The number of hydrogen-bond acceptors (Lipinski definition) is 6. The molecule has 0 atom stereocenters. The first kappa shape index (κ1) is 18.1. The van der Waals surface area contributed by atoms with Gasteiger partial charge in [0.1, 0.15) is 33.1 Å². The van der Waals surface area contributed by atoms with Gasteiger partial charge in [0.05, 0.1) is 0 Å². The molecule has 0 unspecified atom stereocenters. The molecule has 5 rings (SSSR count). The van der Waals surface area contributed by atoms with Crippen LogP contribution in [-0.2, 0) is 10.1 Å². The van der Waals surface area contributed by atoms with Crippen LogP contribution >= 0.6 is 0 Å². The molecular weight excluding hydrogens is 402 g/mol. The first-order valence-corrected chi connectivity index (χ1v) is 10.5. The summed E-state index contributed by atoms with van der Waals surface area (Å²) in [5.41, 5.74) is 1.66. The van der Waals surface area contributed by atoms with E-state index in [1.807, 2.05) is 48.5 Å². The SMILES string of the molecule is O=S(=O)(Oc1ccc(-n2nc3ccccc3n2)c(O)c1)c1ccc2ccccc2c1. The number of rotatable bonds is 4. The van der Waals surface area contributed by atoms with Crippen molar-refractivity contribution >= 4 is 31.9 Å². The van der Waals surface area contributed by atoms with E-state index in [-0.39, 0.29) is 16.4 Å². The van der Waals surface area contributed by atoms with Gasteiger partial charge >= 0.3 is 10.1 Å². The van der Waals surface area contributed by atoms with E-state index in [0.717, 1.165) is 10.8 Å². The Kier molecular flexibility index (Phi) is 4.14. The Morgan fingerprint density at radius 2 is 1.43 bits per heavy atom. The molecule has 0 aliphatic heterocycles. The van der Waals surface area contributed by atoms with Crippen molar-refractivity contribution in [3.05, 3.63) is 84.9 Å². The third-order valence-electron chi connectivity index (χ3n) is 4.66. The fourth-order valence-electron chi connectivity index (χ4n) is 3.19. The predicted octanol–water partition coefficient (Wildman–Crippen LogP) is 4.05. The number of hydrogen-bond donors (Lipinski definition) is 1. The van der Waals surface area contributed by atoms with Gasteiger partial charge in [-0.3, -0.25) is 0 Å². The van der Waals surface area contributed by atoms with E-state index < -0.39 is 10.1 Å². The molecule has 0 aliphatic rings. The predicted molar refractivity (Wildman–Crippen MR) is 112 cm³/mol. The van der Waals surface area contributed by atoms with Gasteiger partial charge in [-0.25, -0.2) is 0 Å². The molecule has 0 saturated heterocycles. The second kappa shape index (κ2) is 6.85. The maximum absolute atomic E-state index is 12.7. The number of phenols is 1. The Morgan fingerprint density at radius 1 is 0.767 bits per heavy atom. The maximum Gasteiger partial charge on any atom is 0.339 e. The molecule has 4 aromatic carbocycles. The molecule has 0 amide bonds. The van der Waals surface area contributed by atoms with Crippen LogP contribution in [0.15, 0.2) is 89.8 Å². The fourth-order valence-corrected chi connectivity index (χ4v) is 4.15. The van der Waals surface area contributed by atoms with Gasteiger partial charge in [-0.2, -0.15) is 8.42 Å². The Balaban J connectivity index is 1.46. The lowest BCUT2D eigenvalue weighted by Gasteiger charge is -2.10. The lowest BCUT2D eigenvalue weighted by atomic mass is 10.1. The zero-order valence-corrected chi connectivity index (χ0v) is 16.3. The summed E-state index contributed by atoms with van der Waals surface area (Å²) in [5.74, 6) is -0.220. The molecule has 1 aromatic heterocycles. The molecule has 0 fully saturated rings. The second-order valence-corrected chi connectivity index (χ2v) is 8.22. The van der Waals surface area contributed by atoms with Crippen molar-refractivity contribution in [1.82, 2.24) is 15.0 Å². The summed E-state index contributed by atoms with van der Waals surface area (Å²) in [6.07, 6.45) is 0. The molecule has 0 spiro atoms. The Bertz CT molecular complexity index is 1480. The van der Waals surface area contributed by atoms with Gasteiger partial charge in [0.25, 0.3) is 0 Å². The monoisotopic (exact) mass is 417 g/mol. The number of fused-ring (bicyclic) bond motifs is 2. The number of aromatic hydroxyl groups is 1. The van der Waals surface area contributed by atoms with Crippen LogP contribution in [0.2, 0.25) is 0 Å². The van der Waals surface area contributed by atoms with Gasteiger partial charge in [-0.1, -0.05) is 42.5 Å². The zero-order chi connectivity index (χ0) is 20.7. The fraction of sp³-hybridized carbons (Fsp3) is 0. The topological polar surface area (TPSA) is 94.3 Å². The second-order valence-electron chi connectivity index (χ2n) is 6.68. The van der Waals surface area contributed by atoms with Crippen molar-refractivity contribution in [3.63, 3.8) is 0 Å². The molecule has 8 heteroatoms. The quantitative estimate of drug-likeness (QED) is 0.444. The van der Waals surface area contributed by atoms with Crippen LogP contribution in [0, 0.1) is 0 Å². The van der Waals surface area contributed by atoms with E-state index in [2.05, 4.69) is 10.2 Å². The Morgan fingerprint density at radius 3 is 2.13 bits per heavy atom. The molecule has 148 valence electrons. The van der Waals surface area contributed by atoms with Crippen LogP contribution in [0.5, 0.6) is 11.5 Å². The first-order chi connectivity index (χ1) is 14.5. The summed E-state index contributed by atoms with van der Waals surface area (Å²) in [7, 11) is -4.07. The van der Waals surface area contributed by atoms with E-state index in [4.69, 9.17) is 4.18 Å². The summed E-state index contributed by atoms with van der Waals surface area (Å²) in [6, 6.07) is 23.7. The maximum atomic E-state index is 12.7. The molecule has 0 bridgehead atoms. The number of benzene rings is 4. The lowest BCUT2D eigenvalue weighted by molar-refractivity contribution is 0.458. The minimum Gasteiger partial charge on any atom is -0.505 e. The van der Waals surface area contributed by atoms with Crippen molar-refractivity contribution in [3.8, 4) is 17.2 Å². The van der Waals surface area contributed by atoms with Crippen LogP contribution in [0.1, 0.15) is 0 Å². The first-order valence-electron chi connectivity index (χ1n) is 9.08. The van der Waals surface area contributed by atoms with E-state index >= 15 is 0 Å². The van der Waals surface area contributed by atoms with Crippen molar-refractivity contribution in [1.29, 1.82) is 0 Å². The summed E-state index contributed by atoms with van der Waals surface area (Å²) in [4.78, 5) is 1.33. The molecule has 7 nitrogen and oxygen atoms in total. The lowest BCUT2D eigenvalue weighted by Crippen LogP contribution is -2.10. The summed E-state index contributed by atoms with van der Waals surface area (Å²) in [6.45, 7) is 0. The van der Waals surface area contributed by atoms with Crippen LogP contribution in [0.25, 0.3) is 27.5 Å². The molecule has 1 N–H and O–H groups in total. The third-order valence-corrected chi connectivity index (χ3v) is 5.91. The molecule has 0 radical (unpaired) electrons. The number of phenolic OH excluding ortho intramolecular Hbond substituents is 1. The minimum atomic E-state index is -4.07. The van der Waals surface area contributed by atoms with Crippen LogP contribution in [0.3, 0.4) is 0 Å². The number of nitrogens with zero attached hydrogens (tertiary/aromatic N) is 3. The highest BCUT2D eigenvalue weighted by Gasteiger charge is 2.19. The third kappa shape index (κ3) is 3.23. The summed E-state index contributed by atoms with van der Waals surface area (Å²) < 4.78 is 30.6. The zero-order valence-electron chi connectivity index (χ0n) is 15.5. The molecule has 0 aliphatic carbocycles. The smallest absolute Gasteiger partial charge is 0.339 e. The van der Waals surface area contributed by atoms with E-state index in [1.165, 1.54) is 29.1 Å². The van der Waals surface area contributed by atoms with Crippen molar-refractivity contribution < 1.29 is 17.7 Å². The largest absolute Gasteiger partial charge is 0.505 e. The van der Waals surface area contributed by atoms with Gasteiger partial charge in [0, 0.05) is 6.07 Å². The Hall–Kier alpha value is -3.91. The Labute approximate surface area is 171 Å². The van der Waals surface area contributed by atoms with Gasteiger partial charge in [0.15, 0.2) is 0 Å². The van der Waals surface area contributed by atoms with Gasteiger partial charge in [-0.15, -0.1) is 15.0 Å². The van der Waals surface area contributed by atoms with Crippen LogP contribution in [0.4, 0.5) is 0 Å². The van der Waals surface area contributed by atoms with Crippen molar-refractivity contribution in [2.24, 2.45) is 0 Å². The van der Waals surface area contributed by atoms with E-state index in [1.54, 1.807) is 12.1 Å². The highest BCUT2D eigenvalue weighted by atomic mass is 32.2. The highest BCUT2D eigenvalue weighted by Crippen LogP contribution is 2.29. The minimum absolute atomic E-state index is 0.0129. The average molecular weight is 417 g/mol. The number of aromatic nitrogens is 3. The standard InChI is InChI=1S/C22H15N3O4S/c26-22-14-17(10-12-21(22)25-23-19-7-3-4-8-20(19)24-25)29-30(27,28)18-11-9-15-5-1-2-6-16(15)13-18/h1-14,26H. The van der Waals surface area contributed by atoms with E-state index in [0.29, 0.717) is 16.7 Å². The van der Waals surface area contributed by atoms with Crippen LogP contribution < -0.4 is 4.18 Å².